The van der Waals surface area contributed by atoms with Crippen molar-refractivity contribution in [3.8, 4) is 11.5 Å². The van der Waals surface area contributed by atoms with Gasteiger partial charge < -0.3 is 14.6 Å². The van der Waals surface area contributed by atoms with Gasteiger partial charge in [-0.15, -0.1) is 0 Å². The summed E-state index contributed by atoms with van der Waals surface area (Å²) in [7, 11) is 1.52. The zero-order valence-electron chi connectivity index (χ0n) is 22.8. The maximum absolute atomic E-state index is 13.9. The summed E-state index contributed by atoms with van der Waals surface area (Å²) in [6, 6.07) is 15.3. The molecule has 1 aliphatic rings. The molecule has 40 heavy (non-hydrogen) atoms. The fourth-order valence-electron chi connectivity index (χ4n) is 4.85. The smallest absolute Gasteiger partial charge is 0.301 e. The number of rotatable bonds is 6. The lowest BCUT2D eigenvalue weighted by atomic mass is 9.84. The number of methoxy groups -OCH3 is 1. The van der Waals surface area contributed by atoms with Crippen LogP contribution < -0.4 is 14.4 Å². The summed E-state index contributed by atoms with van der Waals surface area (Å²) in [5, 5.41) is 11.9. The van der Waals surface area contributed by atoms with Crippen molar-refractivity contribution in [1.82, 2.24) is 4.98 Å². The van der Waals surface area contributed by atoms with E-state index in [0.717, 1.165) is 16.9 Å². The maximum Gasteiger partial charge on any atom is 0.301 e. The first-order chi connectivity index (χ1) is 19.0. The van der Waals surface area contributed by atoms with E-state index in [4.69, 9.17) is 9.47 Å². The van der Waals surface area contributed by atoms with Crippen LogP contribution in [-0.4, -0.2) is 35.5 Å². The van der Waals surface area contributed by atoms with E-state index in [-0.39, 0.29) is 21.9 Å². The molecule has 1 unspecified atom stereocenters. The Labute approximate surface area is 235 Å². The molecule has 0 saturated carbocycles. The van der Waals surface area contributed by atoms with Crippen LogP contribution in [-0.2, 0) is 15.0 Å². The van der Waals surface area contributed by atoms with Crippen LogP contribution in [0.5, 0.6) is 11.5 Å². The molecular weight excluding hydrogens is 531 g/mol. The predicted octanol–water partition coefficient (Wildman–Crippen LogP) is 6.77. The van der Waals surface area contributed by atoms with E-state index in [1.807, 2.05) is 27.7 Å². The molecule has 1 amide bonds. The fraction of sp³-hybridized carbons (Fsp3) is 0.258. The molecule has 1 aromatic heterocycles. The summed E-state index contributed by atoms with van der Waals surface area (Å²) >= 11 is 1.10. The minimum absolute atomic E-state index is 0.0762. The number of hydrogen-bond acceptors (Lipinski definition) is 7. The van der Waals surface area contributed by atoms with Crippen molar-refractivity contribution >= 4 is 44.1 Å². The van der Waals surface area contributed by atoms with Crippen LogP contribution in [0, 0.1) is 5.82 Å². The van der Waals surface area contributed by atoms with Gasteiger partial charge in [0.1, 0.15) is 23.1 Å². The molecule has 1 fully saturated rings. The molecule has 1 atom stereocenters. The van der Waals surface area contributed by atoms with E-state index in [1.165, 1.54) is 30.2 Å². The molecular formula is C31H29FN2O5S. The molecule has 1 aliphatic heterocycles. The monoisotopic (exact) mass is 560 g/mol. The van der Waals surface area contributed by atoms with Gasteiger partial charge in [0.25, 0.3) is 5.78 Å². The van der Waals surface area contributed by atoms with Crippen molar-refractivity contribution in [2.45, 2.75) is 39.2 Å². The van der Waals surface area contributed by atoms with Crippen molar-refractivity contribution in [2.75, 3.05) is 18.6 Å². The van der Waals surface area contributed by atoms with E-state index in [1.54, 1.807) is 42.5 Å². The molecule has 4 aromatic rings. The number of aromatic nitrogens is 1. The lowest BCUT2D eigenvalue weighted by Gasteiger charge is -2.25. The third kappa shape index (κ3) is 4.81. The number of nitrogens with zero attached hydrogens (tertiary/aromatic N) is 2. The van der Waals surface area contributed by atoms with Crippen LogP contribution in [0.15, 0.2) is 66.2 Å². The standard InChI is InChI=1S/C31H29FN2O5S/c1-6-39-23-13-10-18(15-21(23)31(2,3)4)27(35)25-26(17-8-7-9-20(14-17)38-5)34(29(37)28(25)36)30-33-22-12-11-19(32)16-24(22)40-30/h7-16,26,35H,6H2,1-5H3/b27-25+. The highest BCUT2D eigenvalue weighted by atomic mass is 32.1. The first-order valence-corrected chi connectivity index (χ1v) is 13.6. The average Bonchev–Trinajstić information content (AvgIpc) is 3.45. The number of ketones is 1. The summed E-state index contributed by atoms with van der Waals surface area (Å²) in [5.74, 6) is -1.23. The molecule has 0 aliphatic carbocycles. The second kappa shape index (κ2) is 10.4. The Balaban J connectivity index is 1.73. The predicted molar refractivity (Wildman–Crippen MR) is 154 cm³/mol. The van der Waals surface area contributed by atoms with Crippen LogP contribution in [0.25, 0.3) is 16.0 Å². The Morgan fingerprint density at radius 3 is 2.58 bits per heavy atom. The largest absolute Gasteiger partial charge is 0.507 e. The first-order valence-electron chi connectivity index (χ1n) is 12.8. The lowest BCUT2D eigenvalue weighted by Crippen LogP contribution is -2.29. The molecule has 0 spiro atoms. The Morgan fingerprint density at radius 2 is 1.88 bits per heavy atom. The number of ether oxygens (including phenoxy) is 2. The second-order valence-corrected chi connectivity index (χ2v) is 11.5. The molecule has 1 saturated heterocycles. The van der Waals surface area contributed by atoms with Gasteiger partial charge in [0.2, 0.25) is 0 Å². The Bertz CT molecular complexity index is 1670. The number of amides is 1. The van der Waals surface area contributed by atoms with Gasteiger partial charge >= 0.3 is 5.91 Å². The highest BCUT2D eigenvalue weighted by Crippen LogP contribution is 2.45. The summed E-state index contributed by atoms with van der Waals surface area (Å²) in [6.07, 6.45) is 0. The third-order valence-corrected chi connectivity index (χ3v) is 7.78. The number of carbonyl (C=O) groups is 2. The number of anilines is 1. The maximum atomic E-state index is 13.9. The normalized spacial score (nSPS) is 17.1. The molecule has 5 rings (SSSR count). The zero-order chi connectivity index (χ0) is 28.8. The van der Waals surface area contributed by atoms with Gasteiger partial charge in [-0.05, 0) is 66.4 Å². The van der Waals surface area contributed by atoms with Gasteiger partial charge in [-0.1, -0.05) is 44.2 Å². The van der Waals surface area contributed by atoms with Gasteiger partial charge in [0.05, 0.1) is 35.5 Å². The van der Waals surface area contributed by atoms with Crippen LogP contribution in [0.3, 0.4) is 0 Å². The van der Waals surface area contributed by atoms with Crippen LogP contribution in [0.4, 0.5) is 9.52 Å². The second-order valence-electron chi connectivity index (χ2n) is 10.4. The van der Waals surface area contributed by atoms with Crippen LogP contribution >= 0.6 is 11.3 Å². The topological polar surface area (TPSA) is 89.0 Å². The number of carbonyl (C=O) groups excluding carboxylic acids is 2. The number of benzene rings is 3. The van der Waals surface area contributed by atoms with E-state index < -0.39 is 23.5 Å². The third-order valence-electron chi connectivity index (χ3n) is 6.76. The number of thiazole rings is 1. The number of aliphatic hydroxyl groups excluding tert-OH is 1. The summed E-state index contributed by atoms with van der Waals surface area (Å²) in [6.45, 7) is 8.45. The summed E-state index contributed by atoms with van der Waals surface area (Å²) in [4.78, 5) is 33.0. The van der Waals surface area contributed by atoms with E-state index in [9.17, 15) is 19.1 Å². The van der Waals surface area contributed by atoms with E-state index >= 15 is 0 Å². The zero-order valence-corrected chi connectivity index (χ0v) is 23.6. The molecule has 206 valence electrons. The fourth-order valence-corrected chi connectivity index (χ4v) is 5.86. The molecule has 1 N–H and O–H groups in total. The molecule has 0 bridgehead atoms. The number of aliphatic hydroxyl groups is 1. The van der Waals surface area contributed by atoms with E-state index in [0.29, 0.717) is 39.4 Å². The average molecular weight is 561 g/mol. The minimum atomic E-state index is -0.995. The number of Topliss-reactive ketones (excluding diaryl/α,β-unsaturated/α-hetero) is 1. The summed E-state index contributed by atoms with van der Waals surface area (Å²) < 4.78 is 25.7. The highest BCUT2D eigenvalue weighted by molar-refractivity contribution is 7.22. The Hall–Kier alpha value is -4.24. The van der Waals surface area contributed by atoms with Crippen molar-refractivity contribution < 1.29 is 28.6 Å². The van der Waals surface area contributed by atoms with Crippen molar-refractivity contribution in [2.24, 2.45) is 0 Å². The highest BCUT2D eigenvalue weighted by Gasteiger charge is 2.48. The number of fused-ring (bicyclic) bond motifs is 1. The van der Waals surface area contributed by atoms with Crippen molar-refractivity contribution in [3.05, 3.63) is 88.7 Å². The molecule has 7 nitrogen and oxygen atoms in total. The number of halogens is 1. The lowest BCUT2D eigenvalue weighted by molar-refractivity contribution is -0.132. The van der Waals surface area contributed by atoms with Gasteiger partial charge in [-0.3, -0.25) is 14.5 Å². The van der Waals surface area contributed by atoms with Gasteiger partial charge in [0, 0.05) is 11.1 Å². The van der Waals surface area contributed by atoms with Crippen molar-refractivity contribution in [1.29, 1.82) is 0 Å². The first kappa shape index (κ1) is 27.3. The Morgan fingerprint density at radius 1 is 1.10 bits per heavy atom. The van der Waals surface area contributed by atoms with Crippen LogP contribution in [0.1, 0.15) is 50.4 Å². The van der Waals surface area contributed by atoms with Crippen LogP contribution in [0.2, 0.25) is 0 Å². The SMILES string of the molecule is CCOc1ccc(/C(O)=C2\C(=O)C(=O)N(c3nc4ccc(F)cc4s3)C2c2cccc(OC)c2)cc1C(C)(C)C. The van der Waals surface area contributed by atoms with E-state index in [2.05, 4.69) is 4.98 Å². The molecule has 3 aromatic carbocycles. The summed E-state index contributed by atoms with van der Waals surface area (Å²) in [5.41, 5.74) is 1.87. The van der Waals surface area contributed by atoms with Gasteiger partial charge in [0.15, 0.2) is 5.13 Å². The molecule has 2 heterocycles. The van der Waals surface area contributed by atoms with Gasteiger partial charge in [-0.2, -0.15) is 0 Å². The van der Waals surface area contributed by atoms with Gasteiger partial charge in [-0.25, -0.2) is 9.37 Å². The molecule has 0 radical (unpaired) electrons. The Kier molecular flexibility index (Phi) is 7.10. The quantitative estimate of drug-likeness (QED) is 0.159. The van der Waals surface area contributed by atoms with Crippen molar-refractivity contribution in [3.63, 3.8) is 0 Å². The minimum Gasteiger partial charge on any atom is -0.507 e. The molecule has 9 heteroatoms. The number of hydrogen-bond donors (Lipinski definition) is 1.